The smallest absolute Gasteiger partial charge is 0.340 e. The summed E-state index contributed by atoms with van der Waals surface area (Å²) >= 11 is 1.76. The van der Waals surface area contributed by atoms with Crippen molar-refractivity contribution < 1.29 is 9.72 Å². The maximum absolute atomic E-state index is 12.0. The Kier molecular flexibility index (Phi) is 6.28. The Bertz CT molecular complexity index is 1100. The third kappa shape index (κ3) is 4.75. The zero-order chi connectivity index (χ0) is 21.6. The van der Waals surface area contributed by atoms with E-state index < -0.39 is 11.0 Å². The second-order valence-electron chi connectivity index (χ2n) is 6.85. The lowest BCUT2D eigenvalue weighted by Gasteiger charge is -2.32. The zero-order valence-corrected chi connectivity index (χ0v) is 17.4. The van der Waals surface area contributed by atoms with Gasteiger partial charge in [-0.05, 0) is 36.8 Å². The maximum Gasteiger partial charge on any atom is 0.340 e. The number of para-hydroxylation sites is 3. The number of amides is 2. The van der Waals surface area contributed by atoms with Crippen LogP contribution in [0.4, 0.5) is 21.9 Å². The summed E-state index contributed by atoms with van der Waals surface area (Å²) in [6.45, 7) is 1.18. The summed E-state index contributed by atoms with van der Waals surface area (Å²) in [5.41, 5.74) is 2.53. The first-order chi connectivity index (χ1) is 15.1. The first-order valence-corrected chi connectivity index (χ1v) is 10.6. The third-order valence-electron chi connectivity index (χ3n) is 4.82. The highest BCUT2D eigenvalue weighted by molar-refractivity contribution is 7.99. The van der Waals surface area contributed by atoms with Crippen LogP contribution in [0.3, 0.4) is 0 Å². The van der Waals surface area contributed by atoms with Gasteiger partial charge in [-0.2, -0.15) is 0 Å². The highest BCUT2D eigenvalue weighted by Gasteiger charge is 2.22. The van der Waals surface area contributed by atoms with E-state index in [1.165, 1.54) is 22.1 Å². The predicted octanol–water partition coefficient (Wildman–Crippen LogP) is 5.42. The van der Waals surface area contributed by atoms with Crippen LogP contribution >= 0.6 is 11.8 Å². The number of carbonyl (C=O) groups is 1. The van der Waals surface area contributed by atoms with Crippen molar-refractivity contribution in [1.82, 2.24) is 5.32 Å². The number of urea groups is 1. The fourth-order valence-corrected chi connectivity index (χ4v) is 4.49. The Labute approximate surface area is 184 Å². The fraction of sp³-hybridized carbons (Fsp3) is 0.130. The van der Waals surface area contributed by atoms with Crippen LogP contribution in [0.15, 0.2) is 87.6 Å². The van der Waals surface area contributed by atoms with Crippen molar-refractivity contribution >= 4 is 41.1 Å². The van der Waals surface area contributed by atoms with E-state index in [0.717, 1.165) is 24.3 Å². The first-order valence-electron chi connectivity index (χ1n) is 9.82. The second-order valence-corrected chi connectivity index (χ2v) is 7.93. The molecule has 31 heavy (non-hydrogen) atoms. The third-order valence-corrected chi connectivity index (χ3v) is 5.95. The molecule has 0 unspecified atom stereocenters. The van der Waals surface area contributed by atoms with Gasteiger partial charge in [0.25, 0.3) is 5.69 Å². The van der Waals surface area contributed by atoms with Crippen LogP contribution in [0.5, 0.6) is 0 Å². The summed E-state index contributed by atoms with van der Waals surface area (Å²) in [4.78, 5) is 31.1. The van der Waals surface area contributed by atoms with Gasteiger partial charge >= 0.3 is 6.03 Å². The lowest BCUT2D eigenvalue weighted by atomic mass is 10.2. The molecule has 2 amide bonds. The Morgan fingerprint density at radius 2 is 1.61 bits per heavy atom. The molecule has 0 fully saturated rings. The highest BCUT2D eigenvalue weighted by atomic mass is 32.2. The van der Waals surface area contributed by atoms with Crippen molar-refractivity contribution in [2.24, 2.45) is 4.99 Å². The van der Waals surface area contributed by atoms with Crippen LogP contribution in [0.25, 0.3) is 0 Å². The summed E-state index contributed by atoms with van der Waals surface area (Å²) < 4.78 is 0. The number of carbonyl (C=O) groups excluding carboxylic acids is 1. The van der Waals surface area contributed by atoms with Crippen molar-refractivity contribution in [1.29, 1.82) is 0 Å². The molecule has 0 bridgehead atoms. The van der Waals surface area contributed by atoms with Crippen molar-refractivity contribution in [3.8, 4) is 0 Å². The van der Waals surface area contributed by atoms with Gasteiger partial charge in [-0.15, -0.1) is 0 Å². The van der Waals surface area contributed by atoms with Crippen LogP contribution in [0.1, 0.15) is 12.0 Å². The highest BCUT2D eigenvalue weighted by Crippen LogP contribution is 2.47. The summed E-state index contributed by atoms with van der Waals surface area (Å²) in [5.74, 6) is 0. The molecule has 7 nitrogen and oxygen atoms in total. The minimum Gasteiger partial charge on any atom is -0.340 e. The monoisotopic (exact) mass is 432 g/mol. The SMILES string of the molecule is O=C(/N=C/c1ccccc1[N+](=O)[O-])NCCCN1c2ccccc2Sc2ccccc21. The minimum atomic E-state index is -0.520. The van der Waals surface area contributed by atoms with Crippen LogP contribution in [-0.4, -0.2) is 30.3 Å². The molecule has 156 valence electrons. The molecule has 3 aromatic carbocycles. The number of benzene rings is 3. The number of nitro groups is 1. The topological polar surface area (TPSA) is 87.8 Å². The Morgan fingerprint density at radius 3 is 2.29 bits per heavy atom. The van der Waals surface area contributed by atoms with Gasteiger partial charge in [0.1, 0.15) is 0 Å². The van der Waals surface area contributed by atoms with E-state index in [1.807, 2.05) is 24.3 Å². The Hall–Kier alpha value is -3.65. The number of hydrogen-bond donors (Lipinski definition) is 1. The fourth-order valence-electron chi connectivity index (χ4n) is 3.39. The first kappa shape index (κ1) is 20.6. The number of fused-ring (bicyclic) bond motifs is 2. The average molecular weight is 433 g/mol. The maximum atomic E-state index is 12.0. The number of nitrogens with one attached hydrogen (secondary N) is 1. The lowest BCUT2D eigenvalue weighted by molar-refractivity contribution is -0.385. The van der Waals surface area contributed by atoms with Crippen molar-refractivity contribution in [3.05, 3.63) is 88.5 Å². The molecule has 3 aromatic rings. The largest absolute Gasteiger partial charge is 0.340 e. The second kappa shape index (κ2) is 9.44. The molecule has 4 rings (SSSR count). The van der Waals surface area contributed by atoms with E-state index >= 15 is 0 Å². The number of rotatable bonds is 6. The van der Waals surface area contributed by atoms with E-state index in [9.17, 15) is 14.9 Å². The van der Waals surface area contributed by atoms with Gasteiger partial charge < -0.3 is 10.2 Å². The molecule has 0 atom stereocenters. The zero-order valence-electron chi connectivity index (χ0n) is 16.6. The van der Waals surface area contributed by atoms with Crippen molar-refractivity contribution in [2.75, 3.05) is 18.0 Å². The molecule has 0 spiro atoms. The number of aliphatic imine (C=N–C) groups is 1. The average Bonchev–Trinajstić information content (AvgIpc) is 2.79. The number of nitrogens with zero attached hydrogens (tertiary/aromatic N) is 3. The van der Waals surface area contributed by atoms with E-state index in [4.69, 9.17) is 0 Å². The van der Waals surface area contributed by atoms with Crippen LogP contribution < -0.4 is 10.2 Å². The van der Waals surface area contributed by atoms with E-state index in [2.05, 4.69) is 39.5 Å². The van der Waals surface area contributed by atoms with Crippen LogP contribution in [0.2, 0.25) is 0 Å². The van der Waals surface area contributed by atoms with Gasteiger partial charge in [0, 0.05) is 35.2 Å². The number of hydrogen-bond acceptors (Lipinski definition) is 5. The van der Waals surface area contributed by atoms with Crippen LogP contribution in [0, 0.1) is 10.1 Å². The molecule has 1 aliphatic heterocycles. The number of nitro benzene ring substituents is 1. The summed E-state index contributed by atoms with van der Waals surface area (Å²) in [7, 11) is 0. The van der Waals surface area contributed by atoms with E-state index in [1.54, 1.807) is 30.0 Å². The van der Waals surface area contributed by atoms with Gasteiger partial charge in [-0.25, -0.2) is 9.79 Å². The molecule has 1 N–H and O–H groups in total. The predicted molar refractivity (Wildman–Crippen MR) is 123 cm³/mol. The summed E-state index contributed by atoms with van der Waals surface area (Å²) in [5, 5.41) is 13.8. The molecule has 0 saturated heterocycles. The molecular formula is C23H20N4O3S. The van der Waals surface area contributed by atoms with Gasteiger partial charge in [0.2, 0.25) is 0 Å². The molecule has 0 saturated carbocycles. The van der Waals surface area contributed by atoms with E-state index in [0.29, 0.717) is 12.1 Å². The van der Waals surface area contributed by atoms with Gasteiger partial charge in [-0.1, -0.05) is 48.2 Å². The van der Waals surface area contributed by atoms with E-state index in [-0.39, 0.29) is 5.69 Å². The number of anilines is 2. The van der Waals surface area contributed by atoms with Crippen molar-refractivity contribution in [3.63, 3.8) is 0 Å². The lowest BCUT2D eigenvalue weighted by Crippen LogP contribution is -2.27. The van der Waals surface area contributed by atoms with Crippen molar-refractivity contribution in [2.45, 2.75) is 16.2 Å². The Morgan fingerprint density at radius 1 is 1.00 bits per heavy atom. The molecule has 0 radical (unpaired) electrons. The summed E-state index contributed by atoms with van der Waals surface area (Å²) in [6.07, 6.45) is 1.95. The Balaban J connectivity index is 1.36. The molecular weight excluding hydrogens is 412 g/mol. The molecule has 0 aromatic heterocycles. The standard InChI is InChI=1S/C23H20N4O3S/c28-23(25-16-17-8-1-2-9-18(17)27(29)30)24-14-7-15-26-19-10-3-5-12-21(19)31-22-13-6-4-11-20(22)26/h1-6,8-13,16H,7,14-15H2,(H,24,28)/b25-16+. The van der Waals surface area contributed by atoms with Gasteiger partial charge in [-0.3, -0.25) is 10.1 Å². The molecule has 8 heteroatoms. The molecule has 1 aliphatic rings. The normalized spacial score (nSPS) is 12.3. The molecule has 0 aliphatic carbocycles. The molecule has 1 heterocycles. The minimum absolute atomic E-state index is 0.0839. The van der Waals surface area contributed by atoms with Crippen LogP contribution in [-0.2, 0) is 0 Å². The quantitative estimate of drug-likeness (QED) is 0.243. The van der Waals surface area contributed by atoms with Gasteiger partial charge in [0.05, 0.1) is 21.9 Å². The van der Waals surface area contributed by atoms with Gasteiger partial charge in [0.15, 0.2) is 0 Å². The summed E-state index contributed by atoms with van der Waals surface area (Å²) in [6, 6.07) is 22.2.